The lowest BCUT2D eigenvalue weighted by Crippen LogP contribution is -1.98. The van der Waals surface area contributed by atoms with Gasteiger partial charge in [-0.1, -0.05) is 0 Å². The van der Waals surface area contributed by atoms with Crippen LogP contribution in [0.1, 0.15) is 28.0 Å². The maximum absolute atomic E-state index is 12.4. The molecule has 1 heterocycles. The fraction of sp³-hybridized carbons (Fsp3) is 0.250. The molecule has 0 aliphatic heterocycles. The molecule has 1 aromatic heterocycles. The summed E-state index contributed by atoms with van der Waals surface area (Å²) in [5.74, 6) is 0. The van der Waals surface area contributed by atoms with Crippen LogP contribution in [-0.4, -0.2) is 11.3 Å². The average molecular weight is 250 g/mol. The highest BCUT2D eigenvalue weighted by molar-refractivity contribution is 9.10. The molecule has 2 nitrogen and oxygen atoms in total. The maximum Gasteiger partial charge on any atom is 0.266 e. The maximum atomic E-state index is 12.4. The lowest BCUT2D eigenvalue weighted by Gasteiger charge is -2.06. The highest BCUT2D eigenvalue weighted by Crippen LogP contribution is 2.28. The van der Waals surface area contributed by atoms with Crippen molar-refractivity contribution in [3.8, 4) is 0 Å². The van der Waals surface area contributed by atoms with E-state index >= 15 is 0 Å². The molecule has 5 heteroatoms. The number of alkyl halides is 2. The van der Waals surface area contributed by atoms with Crippen LogP contribution in [0.4, 0.5) is 8.78 Å². The highest BCUT2D eigenvalue weighted by atomic mass is 79.9. The van der Waals surface area contributed by atoms with Crippen LogP contribution in [0.25, 0.3) is 0 Å². The van der Waals surface area contributed by atoms with Gasteiger partial charge in [0.1, 0.15) is 10.3 Å². The number of aldehydes is 1. The Morgan fingerprint density at radius 2 is 2.23 bits per heavy atom. The Bertz CT molecular complexity index is 318. The van der Waals surface area contributed by atoms with Gasteiger partial charge in [0, 0.05) is 0 Å². The molecular weight excluding hydrogens is 244 g/mol. The number of carbonyl (C=O) groups excluding carboxylic acids is 1. The van der Waals surface area contributed by atoms with Crippen LogP contribution in [0.15, 0.2) is 10.7 Å². The molecule has 0 amide bonds. The van der Waals surface area contributed by atoms with Crippen molar-refractivity contribution < 1.29 is 13.6 Å². The molecule has 0 spiro atoms. The summed E-state index contributed by atoms with van der Waals surface area (Å²) in [6.07, 6.45) is -2.06. The summed E-state index contributed by atoms with van der Waals surface area (Å²) >= 11 is 2.89. The predicted octanol–water partition coefficient (Wildman–Crippen LogP) is 2.90. The second-order valence-electron chi connectivity index (χ2n) is 2.49. The summed E-state index contributed by atoms with van der Waals surface area (Å²) in [7, 11) is 0. The van der Waals surface area contributed by atoms with Gasteiger partial charge in [-0.15, -0.1) is 0 Å². The molecule has 1 aromatic rings. The minimum absolute atomic E-state index is 0.0320. The van der Waals surface area contributed by atoms with Crippen molar-refractivity contribution in [2.24, 2.45) is 0 Å². The highest BCUT2D eigenvalue weighted by Gasteiger charge is 2.16. The van der Waals surface area contributed by atoms with E-state index < -0.39 is 6.43 Å². The van der Waals surface area contributed by atoms with Gasteiger partial charge in [0.25, 0.3) is 6.43 Å². The second kappa shape index (κ2) is 3.91. The van der Waals surface area contributed by atoms with Gasteiger partial charge in [0.15, 0.2) is 6.29 Å². The number of halogens is 3. The molecule has 0 aliphatic carbocycles. The number of aromatic nitrogens is 1. The molecule has 1 rings (SSSR count). The first-order valence-corrected chi connectivity index (χ1v) is 4.26. The molecule has 0 saturated heterocycles. The summed E-state index contributed by atoms with van der Waals surface area (Å²) in [6.45, 7) is 1.51. The molecule has 0 aliphatic rings. The summed E-state index contributed by atoms with van der Waals surface area (Å²) in [4.78, 5) is 14.0. The Morgan fingerprint density at radius 3 is 2.62 bits per heavy atom. The fourth-order valence-electron chi connectivity index (χ4n) is 0.991. The Kier molecular flexibility index (Phi) is 3.08. The van der Waals surface area contributed by atoms with Gasteiger partial charge in [-0.25, -0.2) is 13.8 Å². The van der Waals surface area contributed by atoms with E-state index in [0.717, 1.165) is 0 Å². The number of carbonyl (C=O) groups is 1. The first kappa shape index (κ1) is 10.2. The Morgan fingerprint density at radius 1 is 1.62 bits per heavy atom. The van der Waals surface area contributed by atoms with E-state index in [1.165, 1.54) is 13.0 Å². The first-order chi connectivity index (χ1) is 6.06. The average Bonchev–Trinajstić information content (AvgIpc) is 2.02. The molecule has 13 heavy (non-hydrogen) atoms. The van der Waals surface area contributed by atoms with Crippen molar-refractivity contribution in [3.05, 3.63) is 27.5 Å². The van der Waals surface area contributed by atoms with Crippen molar-refractivity contribution in [1.29, 1.82) is 0 Å². The summed E-state index contributed by atoms with van der Waals surface area (Å²) in [5.41, 5.74) is 0.346. The zero-order valence-electron chi connectivity index (χ0n) is 6.72. The minimum atomic E-state index is -2.58. The van der Waals surface area contributed by atoms with Gasteiger partial charge in [-0.05, 0) is 34.5 Å². The van der Waals surface area contributed by atoms with Gasteiger partial charge in [0.05, 0.1) is 5.56 Å². The number of hydrogen-bond donors (Lipinski definition) is 0. The molecular formula is C8H6BrF2NO. The van der Waals surface area contributed by atoms with E-state index in [2.05, 4.69) is 20.9 Å². The molecule has 0 bridgehead atoms. The normalized spacial score (nSPS) is 10.5. The van der Waals surface area contributed by atoms with Gasteiger partial charge < -0.3 is 0 Å². The van der Waals surface area contributed by atoms with Crippen molar-refractivity contribution in [2.45, 2.75) is 13.3 Å². The Hall–Kier alpha value is -0.840. The molecule has 0 radical (unpaired) electrons. The molecule has 70 valence electrons. The van der Waals surface area contributed by atoms with E-state index in [1.807, 2.05) is 0 Å². The van der Waals surface area contributed by atoms with E-state index in [9.17, 15) is 13.6 Å². The number of hydrogen-bond acceptors (Lipinski definition) is 2. The van der Waals surface area contributed by atoms with E-state index in [-0.39, 0.29) is 15.9 Å². The predicted molar refractivity (Wildman–Crippen MR) is 47.0 cm³/mol. The topological polar surface area (TPSA) is 30.0 Å². The SMILES string of the molecule is Cc1cc(C=O)nc(Br)c1C(F)F. The quantitative estimate of drug-likeness (QED) is 0.596. The lowest BCUT2D eigenvalue weighted by molar-refractivity contribution is 0.111. The minimum Gasteiger partial charge on any atom is -0.296 e. The number of nitrogens with zero attached hydrogens (tertiary/aromatic N) is 1. The summed E-state index contributed by atoms with van der Waals surface area (Å²) in [5, 5.41) is 0. The number of rotatable bonds is 2. The van der Waals surface area contributed by atoms with Crippen LogP contribution in [0.3, 0.4) is 0 Å². The van der Waals surface area contributed by atoms with Gasteiger partial charge in [-0.2, -0.15) is 0 Å². The fourth-order valence-corrected chi connectivity index (χ4v) is 1.68. The van der Waals surface area contributed by atoms with Gasteiger partial charge in [0.2, 0.25) is 0 Å². The van der Waals surface area contributed by atoms with Crippen LogP contribution < -0.4 is 0 Å². The van der Waals surface area contributed by atoms with Gasteiger partial charge >= 0.3 is 0 Å². The van der Waals surface area contributed by atoms with E-state index in [0.29, 0.717) is 11.8 Å². The second-order valence-corrected chi connectivity index (χ2v) is 3.24. The smallest absolute Gasteiger partial charge is 0.266 e. The molecule has 0 aromatic carbocycles. The monoisotopic (exact) mass is 249 g/mol. The van der Waals surface area contributed by atoms with Crippen molar-refractivity contribution in [3.63, 3.8) is 0 Å². The van der Waals surface area contributed by atoms with E-state index in [1.54, 1.807) is 0 Å². The third-order valence-electron chi connectivity index (χ3n) is 1.58. The van der Waals surface area contributed by atoms with Crippen LogP contribution >= 0.6 is 15.9 Å². The third-order valence-corrected chi connectivity index (χ3v) is 2.18. The molecule has 0 atom stereocenters. The molecule has 0 N–H and O–H groups in total. The zero-order chi connectivity index (χ0) is 10.0. The Balaban J connectivity index is 3.31. The Labute approximate surface area is 82.1 Å². The summed E-state index contributed by atoms with van der Waals surface area (Å²) < 4.78 is 24.8. The molecule has 0 fully saturated rings. The number of aryl methyl sites for hydroxylation is 1. The van der Waals surface area contributed by atoms with Crippen LogP contribution in [0.2, 0.25) is 0 Å². The third kappa shape index (κ3) is 2.09. The molecule has 0 saturated carbocycles. The number of pyridine rings is 1. The molecule has 0 unspecified atom stereocenters. The zero-order valence-corrected chi connectivity index (χ0v) is 8.31. The van der Waals surface area contributed by atoms with Gasteiger partial charge in [-0.3, -0.25) is 4.79 Å². The van der Waals surface area contributed by atoms with Crippen LogP contribution in [-0.2, 0) is 0 Å². The largest absolute Gasteiger partial charge is 0.296 e. The lowest BCUT2D eigenvalue weighted by atomic mass is 10.1. The first-order valence-electron chi connectivity index (χ1n) is 3.46. The van der Waals surface area contributed by atoms with Crippen molar-refractivity contribution in [1.82, 2.24) is 4.98 Å². The summed E-state index contributed by atoms with van der Waals surface area (Å²) in [6, 6.07) is 1.33. The van der Waals surface area contributed by atoms with Crippen LogP contribution in [0.5, 0.6) is 0 Å². The van der Waals surface area contributed by atoms with Crippen molar-refractivity contribution >= 4 is 22.2 Å². The standard InChI is InChI=1S/C8H6BrF2NO/c1-4-2-5(3-13)12-7(9)6(4)8(10)11/h2-3,8H,1H3. The van der Waals surface area contributed by atoms with Crippen LogP contribution in [0, 0.1) is 6.92 Å². The van der Waals surface area contributed by atoms with Crippen molar-refractivity contribution in [2.75, 3.05) is 0 Å². The van der Waals surface area contributed by atoms with E-state index in [4.69, 9.17) is 0 Å².